The SMILES string of the molecule is CC(N)C(C)C(=O)OC(C)(C)C. The lowest BCUT2D eigenvalue weighted by atomic mass is 10.0. The Kier molecular flexibility index (Phi) is 3.71. The Morgan fingerprint density at radius 3 is 2.00 bits per heavy atom. The third kappa shape index (κ3) is 4.34. The van der Waals surface area contributed by atoms with Crippen molar-refractivity contribution < 1.29 is 9.53 Å². The highest BCUT2D eigenvalue weighted by atomic mass is 16.6. The van der Waals surface area contributed by atoms with Gasteiger partial charge in [0.05, 0.1) is 5.92 Å². The number of carbonyl (C=O) groups excluding carboxylic acids is 1. The van der Waals surface area contributed by atoms with Gasteiger partial charge in [-0.05, 0) is 27.7 Å². The van der Waals surface area contributed by atoms with Gasteiger partial charge < -0.3 is 10.5 Å². The molecule has 3 nitrogen and oxygen atoms in total. The van der Waals surface area contributed by atoms with E-state index < -0.39 is 5.60 Å². The Balaban J connectivity index is 4.05. The second-order valence-corrected chi connectivity index (χ2v) is 4.18. The van der Waals surface area contributed by atoms with Crippen molar-refractivity contribution in [2.75, 3.05) is 0 Å². The fourth-order valence-corrected chi connectivity index (χ4v) is 0.609. The van der Waals surface area contributed by atoms with Gasteiger partial charge in [0, 0.05) is 6.04 Å². The molecule has 0 radical (unpaired) electrons. The van der Waals surface area contributed by atoms with E-state index in [9.17, 15) is 4.79 Å². The summed E-state index contributed by atoms with van der Waals surface area (Å²) in [4.78, 5) is 11.3. The zero-order valence-corrected chi connectivity index (χ0v) is 8.55. The summed E-state index contributed by atoms with van der Waals surface area (Å²) < 4.78 is 5.14. The van der Waals surface area contributed by atoms with Crippen LogP contribution in [0.25, 0.3) is 0 Å². The van der Waals surface area contributed by atoms with Crippen LogP contribution in [0.1, 0.15) is 34.6 Å². The summed E-state index contributed by atoms with van der Waals surface area (Å²) in [5.74, 6) is -0.457. The molecule has 12 heavy (non-hydrogen) atoms. The molecule has 2 atom stereocenters. The zero-order chi connectivity index (χ0) is 9.94. The molecule has 72 valence electrons. The maximum atomic E-state index is 11.3. The minimum atomic E-state index is -0.416. The summed E-state index contributed by atoms with van der Waals surface area (Å²) in [6.07, 6.45) is 0. The van der Waals surface area contributed by atoms with E-state index in [4.69, 9.17) is 10.5 Å². The topological polar surface area (TPSA) is 52.3 Å². The van der Waals surface area contributed by atoms with E-state index in [0.717, 1.165) is 0 Å². The maximum Gasteiger partial charge on any atom is 0.310 e. The lowest BCUT2D eigenvalue weighted by molar-refractivity contribution is -0.159. The highest BCUT2D eigenvalue weighted by Gasteiger charge is 2.23. The summed E-state index contributed by atoms with van der Waals surface area (Å²) in [7, 11) is 0. The Hall–Kier alpha value is -0.570. The third-order valence-electron chi connectivity index (χ3n) is 1.57. The standard InChI is InChI=1S/C9H19NO2/c1-6(7(2)10)8(11)12-9(3,4)5/h6-7H,10H2,1-5H3. The van der Waals surface area contributed by atoms with Crippen LogP contribution in [0.5, 0.6) is 0 Å². The molecule has 0 amide bonds. The maximum absolute atomic E-state index is 11.3. The molecule has 0 aromatic heterocycles. The predicted molar refractivity (Wildman–Crippen MR) is 48.7 cm³/mol. The van der Waals surface area contributed by atoms with E-state index >= 15 is 0 Å². The van der Waals surface area contributed by atoms with E-state index in [1.165, 1.54) is 0 Å². The molecule has 0 aliphatic carbocycles. The van der Waals surface area contributed by atoms with Gasteiger partial charge in [-0.2, -0.15) is 0 Å². The van der Waals surface area contributed by atoms with Crippen molar-refractivity contribution >= 4 is 5.97 Å². The first-order valence-electron chi connectivity index (χ1n) is 4.22. The summed E-state index contributed by atoms with van der Waals surface area (Å²) in [5, 5.41) is 0. The van der Waals surface area contributed by atoms with Crippen LogP contribution in [0.3, 0.4) is 0 Å². The van der Waals surface area contributed by atoms with Gasteiger partial charge >= 0.3 is 5.97 Å². The van der Waals surface area contributed by atoms with Crippen LogP contribution in [0.4, 0.5) is 0 Å². The number of nitrogens with two attached hydrogens (primary N) is 1. The highest BCUT2D eigenvalue weighted by Crippen LogP contribution is 2.12. The smallest absolute Gasteiger partial charge is 0.310 e. The summed E-state index contributed by atoms with van der Waals surface area (Å²) in [5.41, 5.74) is 5.14. The van der Waals surface area contributed by atoms with Crippen LogP contribution in [0, 0.1) is 5.92 Å². The minimum Gasteiger partial charge on any atom is -0.460 e. The van der Waals surface area contributed by atoms with Crippen molar-refractivity contribution in [2.24, 2.45) is 11.7 Å². The van der Waals surface area contributed by atoms with Crippen molar-refractivity contribution in [2.45, 2.75) is 46.3 Å². The average Bonchev–Trinajstić information content (AvgIpc) is 1.82. The fraction of sp³-hybridized carbons (Fsp3) is 0.889. The number of ether oxygens (including phenoxy) is 1. The Morgan fingerprint density at radius 1 is 1.33 bits per heavy atom. The van der Waals surface area contributed by atoms with E-state index in [0.29, 0.717) is 0 Å². The molecule has 2 unspecified atom stereocenters. The molecule has 0 aromatic rings. The second kappa shape index (κ2) is 3.90. The molecular weight excluding hydrogens is 154 g/mol. The molecule has 0 saturated carbocycles. The molecule has 0 fully saturated rings. The lowest BCUT2D eigenvalue weighted by Crippen LogP contribution is -2.35. The number of rotatable bonds is 2. The van der Waals surface area contributed by atoms with Crippen LogP contribution in [0.2, 0.25) is 0 Å². The van der Waals surface area contributed by atoms with Gasteiger partial charge in [0.25, 0.3) is 0 Å². The summed E-state index contributed by atoms with van der Waals surface area (Å²) in [6.45, 7) is 9.11. The third-order valence-corrected chi connectivity index (χ3v) is 1.57. The molecule has 0 heterocycles. The van der Waals surface area contributed by atoms with Crippen LogP contribution in [0.15, 0.2) is 0 Å². The highest BCUT2D eigenvalue weighted by molar-refractivity contribution is 5.73. The number of carbonyl (C=O) groups is 1. The van der Waals surface area contributed by atoms with Gasteiger partial charge in [0.1, 0.15) is 5.60 Å². The first-order valence-corrected chi connectivity index (χ1v) is 4.22. The second-order valence-electron chi connectivity index (χ2n) is 4.18. The monoisotopic (exact) mass is 173 g/mol. The van der Waals surface area contributed by atoms with E-state index in [1.54, 1.807) is 13.8 Å². The van der Waals surface area contributed by atoms with Crippen molar-refractivity contribution in [3.05, 3.63) is 0 Å². The van der Waals surface area contributed by atoms with Gasteiger partial charge in [0.15, 0.2) is 0 Å². The van der Waals surface area contributed by atoms with Crippen molar-refractivity contribution in [3.63, 3.8) is 0 Å². The molecule has 0 rings (SSSR count). The molecule has 0 aliphatic rings. The van der Waals surface area contributed by atoms with Crippen LogP contribution < -0.4 is 5.73 Å². The summed E-state index contributed by atoms with van der Waals surface area (Å²) >= 11 is 0. The van der Waals surface area contributed by atoms with Crippen molar-refractivity contribution in [1.29, 1.82) is 0 Å². The minimum absolute atomic E-state index is 0.153. The molecule has 3 heteroatoms. The van der Waals surface area contributed by atoms with Gasteiger partial charge in [-0.1, -0.05) is 6.92 Å². The zero-order valence-electron chi connectivity index (χ0n) is 8.55. The molecule has 2 N–H and O–H groups in total. The van der Waals surface area contributed by atoms with Gasteiger partial charge in [-0.3, -0.25) is 4.79 Å². The predicted octanol–water partition coefficient (Wildman–Crippen LogP) is 1.31. The Bertz CT molecular complexity index is 158. The van der Waals surface area contributed by atoms with E-state index in [1.807, 2.05) is 20.8 Å². The molecule has 0 bridgehead atoms. The number of hydrogen-bond donors (Lipinski definition) is 1. The number of hydrogen-bond acceptors (Lipinski definition) is 3. The molecule has 0 aliphatic heterocycles. The lowest BCUT2D eigenvalue weighted by Gasteiger charge is -2.23. The molecule has 0 spiro atoms. The van der Waals surface area contributed by atoms with Gasteiger partial charge in [0.2, 0.25) is 0 Å². The molecule has 0 aromatic carbocycles. The first-order chi connectivity index (χ1) is 5.24. The normalized spacial score (nSPS) is 16.8. The molecular formula is C9H19NO2. The average molecular weight is 173 g/mol. The van der Waals surface area contributed by atoms with Gasteiger partial charge in [-0.25, -0.2) is 0 Å². The summed E-state index contributed by atoms with van der Waals surface area (Å²) in [6, 6.07) is -0.153. The molecule has 0 saturated heterocycles. The van der Waals surface area contributed by atoms with Crippen molar-refractivity contribution in [3.8, 4) is 0 Å². The van der Waals surface area contributed by atoms with Crippen LogP contribution in [-0.4, -0.2) is 17.6 Å². The number of esters is 1. The van der Waals surface area contributed by atoms with Crippen molar-refractivity contribution in [1.82, 2.24) is 0 Å². The van der Waals surface area contributed by atoms with E-state index in [2.05, 4.69) is 0 Å². The largest absolute Gasteiger partial charge is 0.460 e. The Labute approximate surface area is 74.3 Å². The van der Waals surface area contributed by atoms with Gasteiger partial charge in [-0.15, -0.1) is 0 Å². The quantitative estimate of drug-likeness (QED) is 0.640. The fourth-order valence-electron chi connectivity index (χ4n) is 0.609. The van der Waals surface area contributed by atoms with E-state index in [-0.39, 0.29) is 17.9 Å². The van der Waals surface area contributed by atoms with Crippen LogP contribution in [-0.2, 0) is 9.53 Å². The van der Waals surface area contributed by atoms with Crippen LogP contribution >= 0.6 is 0 Å². The Morgan fingerprint density at radius 2 is 1.75 bits per heavy atom. The first kappa shape index (κ1) is 11.4.